The van der Waals surface area contributed by atoms with Gasteiger partial charge in [-0.3, -0.25) is 0 Å². The van der Waals surface area contributed by atoms with Crippen molar-refractivity contribution in [2.75, 3.05) is 11.4 Å². The zero-order chi connectivity index (χ0) is 13.2. The van der Waals surface area contributed by atoms with Gasteiger partial charge in [-0.1, -0.05) is 6.07 Å². The van der Waals surface area contributed by atoms with Crippen LogP contribution in [0.3, 0.4) is 0 Å². The Hall–Kier alpha value is -1.90. The van der Waals surface area contributed by atoms with Crippen LogP contribution in [0.15, 0.2) is 36.9 Å². The van der Waals surface area contributed by atoms with Gasteiger partial charge in [-0.25, -0.2) is 9.97 Å². The van der Waals surface area contributed by atoms with Crippen molar-refractivity contribution in [3.8, 4) is 11.1 Å². The Morgan fingerprint density at radius 1 is 1.11 bits per heavy atom. The summed E-state index contributed by atoms with van der Waals surface area (Å²) >= 11 is 0. The van der Waals surface area contributed by atoms with E-state index in [1.165, 1.54) is 36.2 Å². The highest BCUT2D eigenvalue weighted by molar-refractivity contribution is 5.68. The van der Waals surface area contributed by atoms with Crippen LogP contribution in [0.1, 0.15) is 25.8 Å². The van der Waals surface area contributed by atoms with Gasteiger partial charge in [0.15, 0.2) is 0 Å². The van der Waals surface area contributed by atoms with E-state index in [0.29, 0.717) is 6.04 Å². The lowest BCUT2D eigenvalue weighted by atomic mass is 9.96. The van der Waals surface area contributed by atoms with E-state index in [4.69, 9.17) is 0 Å². The second-order valence-corrected chi connectivity index (χ2v) is 5.36. The third-order valence-electron chi connectivity index (χ3n) is 3.75. The van der Waals surface area contributed by atoms with Crippen LogP contribution in [-0.4, -0.2) is 22.6 Å². The molecule has 0 bridgehead atoms. The van der Waals surface area contributed by atoms with Crippen molar-refractivity contribution in [3.63, 3.8) is 0 Å². The van der Waals surface area contributed by atoms with E-state index < -0.39 is 0 Å². The Bertz CT molecular complexity index is 563. The van der Waals surface area contributed by atoms with Gasteiger partial charge in [0.2, 0.25) is 0 Å². The zero-order valence-electron chi connectivity index (χ0n) is 11.5. The van der Waals surface area contributed by atoms with Crippen molar-refractivity contribution >= 4 is 5.69 Å². The highest BCUT2D eigenvalue weighted by atomic mass is 15.2. The maximum atomic E-state index is 4.09. The maximum Gasteiger partial charge on any atom is 0.115 e. The van der Waals surface area contributed by atoms with Gasteiger partial charge in [0, 0.05) is 36.2 Å². The average Bonchev–Trinajstić information content (AvgIpc) is 2.47. The Morgan fingerprint density at radius 2 is 1.89 bits per heavy atom. The van der Waals surface area contributed by atoms with E-state index in [1.54, 1.807) is 6.33 Å². The molecular weight excluding hydrogens is 234 g/mol. The molecule has 1 aliphatic rings. The molecule has 0 radical (unpaired) electrons. The van der Waals surface area contributed by atoms with Crippen molar-refractivity contribution in [1.29, 1.82) is 0 Å². The highest BCUT2D eigenvalue weighted by Gasteiger charge is 2.19. The summed E-state index contributed by atoms with van der Waals surface area (Å²) in [6, 6.07) is 7.28. The Labute approximate surface area is 114 Å². The number of nitrogens with zero attached hydrogens (tertiary/aromatic N) is 3. The van der Waals surface area contributed by atoms with Crippen LogP contribution in [0.25, 0.3) is 11.1 Å². The lowest BCUT2D eigenvalue weighted by Gasteiger charge is -2.35. The summed E-state index contributed by atoms with van der Waals surface area (Å²) in [4.78, 5) is 10.7. The monoisotopic (exact) mass is 253 g/mol. The molecule has 1 aromatic carbocycles. The molecular formula is C16H19N3. The third-order valence-corrected chi connectivity index (χ3v) is 3.75. The molecule has 0 saturated carbocycles. The van der Waals surface area contributed by atoms with E-state index in [1.807, 2.05) is 12.4 Å². The molecule has 0 saturated heterocycles. The van der Waals surface area contributed by atoms with Gasteiger partial charge in [0.05, 0.1) is 0 Å². The molecule has 2 heterocycles. The summed E-state index contributed by atoms with van der Waals surface area (Å²) in [6.45, 7) is 5.68. The molecule has 1 aliphatic heterocycles. The lowest BCUT2D eigenvalue weighted by Crippen LogP contribution is -2.35. The number of anilines is 1. The summed E-state index contributed by atoms with van der Waals surface area (Å²) in [5.74, 6) is 0. The van der Waals surface area contributed by atoms with Crippen LogP contribution in [0, 0.1) is 0 Å². The molecule has 3 rings (SSSR count). The number of aryl methyl sites for hydroxylation is 1. The first-order chi connectivity index (χ1) is 9.25. The zero-order valence-corrected chi connectivity index (χ0v) is 11.5. The maximum absolute atomic E-state index is 4.09. The van der Waals surface area contributed by atoms with E-state index >= 15 is 0 Å². The van der Waals surface area contributed by atoms with Gasteiger partial charge in [-0.05, 0) is 49.9 Å². The fraction of sp³-hybridized carbons (Fsp3) is 0.375. The van der Waals surface area contributed by atoms with Crippen LogP contribution in [0.4, 0.5) is 5.69 Å². The van der Waals surface area contributed by atoms with E-state index in [-0.39, 0.29) is 0 Å². The van der Waals surface area contributed by atoms with Crippen molar-refractivity contribution in [1.82, 2.24) is 9.97 Å². The Morgan fingerprint density at radius 3 is 2.63 bits per heavy atom. The van der Waals surface area contributed by atoms with Gasteiger partial charge < -0.3 is 4.90 Å². The predicted molar refractivity (Wildman–Crippen MR) is 78.3 cm³/mol. The van der Waals surface area contributed by atoms with Crippen LogP contribution in [-0.2, 0) is 6.42 Å². The van der Waals surface area contributed by atoms with Gasteiger partial charge in [-0.15, -0.1) is 0 Å². The third kappa shape index (κ3) is 2.33. The molecule has 0 atom stereocenters. The number of hydrogen-bond donors (Lipinski definition) is 0. The van der Waals surface area contributed by atoms with Crippen molar-refractivity contribution < 1.29 is 0 Å². The number of hydrogen-bond acceptors (Lipinski definition) is 3. The minimum Gasteiger partial charge on any atom is -0.369 e. The minimum atomic E-state index is 0.560. The van der Waals surface area contributed by atoms with Crippen molar-refractivity contribution in [2.45, 2.75) is 32.7 Å². The number of rotatable bonds is 2. The molecule has 0 N–H and O–H groups in total. The lowest BCUT2D eigenvalue weighted by molar-refractivity contribution is 0.626. The molecule has 98 valence electrons. The smallest absolute Gasteiger partial charge is 0.115 e. The molecule has 3 heteroatoms. The summed E-state index contributed by atoms with van der Waals surface area (Å²) in [5.41, 5.74) is 5.14. The predicted octanol–water partition coefficient (Wildman–Crippen LogP) is 3.30. The first-order valence-corrected chi connectivity index (χ1v) is 6.90. The van der Waals surface area contributed by atoms with Crippen LogP contribution in [0.5, 0.6) is 0 Å². The van der Waals surface area contributed by atoms with Crippen LogP contribution >= 0.6 is 0 Å². The van der Waals surface area contributed by atoms with Crippen molar-refractivity contribution in [2.24, 2.45) is 0 Å². The summed E-state index contributed by atoms with van der Waals surface area (Å²) in [6.07, 6.45) is 7.72. The Balaban J connectivity index is 2.00. The normalized spacial score (nSPS) is 14.6. The topological polar surface area (TPSA) is 29.0 Å². The molecule has 0 aliphatic carbocycles. The quantitative estimate of drug-likeness (QED) is 0.822. The second-order valence-electron chi connectivity index (χ2n) is 5.36. The first-order valence-electron chi connectivity index (χ1n) is 6.90. The molecule has 0 spiro atoms. The summed E-state index contributed by atoms with van der Waals surface area (Å²) in [5, 5.41) is 0. The fourth-order valence-corrected chi connectivity index (χ4v) is 2.79. The highest BCUT2D eigenvalue weighted by Crippen LogP contribution is 2.32. The average molecular weight is 253 g/mol. The van der Waals surface area contributed by atoms with Crippen molar-refractivity contribution in [3.05, 3.63) is 42.5 Å². The van der Waals surface area contributed by atoms with E-state index in [9.17, 15) is 0 Å². The molecule has 2 aromatic rings. The molecule has 19 heavy (non-hydrogen) atoms. The van der Waals surface area contributed by atoms with E-state index in [0.717, 1.165) is 5.56 Å². The van der Waals surface area contributed by atoms with Crippen LogP contribution < -0.4 is 4.90 Å². The fourth-order valence-electron chi connectivity index (χ4n) is 2.79. The molecule has 0 fully saturated rings. The largest absolute Gasteiger partial charge is 0.369 e. The van der Waals surface area contributed by atoms with Gasteiger partial charge >= 0.3 is 0 Å². The van der Waals surface area contributed by atoms with Gasteiger partial charge in [-0.2, -0.15) is 0 Å². The standard InChI is InChI=1S/C16H19N3/c1-12(2)19-7-3-4-14-8-13(5-6-16(14)19)15-9-17-11-18-10-15/h5-6,8-12H,3-4,7H2,1-2H3. The Kier molecular flexibility index (Phi) is 3.20. The first kappa shape index (κ1) is 12.2. The molecule has 0 amide bonds. The summed E-state index contributed by atoms with van der Waals surface area (Å²) < 4.78 is 0. The molecule has 3 nitrogen and oxygen atoms in total. The van der Waals surface area contributed by atoms with Crippen LogP contribution in [0.2, 0.25) is 0 Å². The number of aromatic nitrogens is 2. The van der Waals surface area contributed by atoms with Gasteiger partial charge in [0.1, 0.15) is 6.33 Å². The summed E-state index contributed by atoms with van der Waals surface area (Å²) in [7, 11) is 0. The SMILES string of the molecule is CC(C)N1CCCc2cc(-c3cncnc3)ccc21. The molecule has 0 unspecified atom stereocenters. The van der Waals surface area contributed by atoms with Gasteiger partial charge in [0.25, 0.3) is 0 Å². The minimum absolute atomic E-state index is 0.560. The van der Waals surface area contributed by atoms with E-state index in [2.05, 4.69) is 46.9 Å². The number of benzene rings is 1. The molecule has 1 aromatic heterocycles. The second kappa shape index (κ2) is 5.00. The number of fused-ring (bicyclic) bond motifs is 1.